The number of methoxy groups -OCH3 is 1. The summed E-state index contributed by atoms with van der Waals surface area (Å²) in [5.41, 5.74) is 0.663. The first-order valence-electron chi connectivity index (χ1n) is 6.89. The summed E-state index contributed by atoms with van der Waals surface area (Å²) >= 11 is 0. The van der Waals surface area contributed by atoms with Gasteiger partial charge in [0.1, 0.15) is 5.54 Å². The van der Waals surface area contributed by atoms with Crippen molar-refractivity contribution in [1.82, 2.24) is 15.1 Å². The summed E-state index contributed by atoms with van der Waals surface area (Å²) in [4.78, 5) is 12.1. The van der Waals surface area contributed by atoms with Crippen LogP contribution in [0, 0.1) is 12.8 Å². The molecule has 1 fully saturated rings. The minimum Gasteiger partial charge on any atom is -0.468 e. The molecule has 1 heterocycles. The Balaban J connectivity index is 2.03. The third kappa shape index (κ3) is 2.66. The summed E-state index contributed by atoms with van der Waals surface area (Å²) in [6, 6.07) is 0. The summed E-state index contributed by atoms with van der Waals surface area (Å²) in [6.07, 6.45) is 7.83. The fourth-order valence-electron chi connectivity index (χ4n) is 3.23. The predicted octanol–water partition coefficient (Wildman–Crippen LogP) is 1.51. The molecule has 0 saturated heterocycles. The molecule has 5 nitrogen and oxygen atoms in total. The quantitative estimate of drug-likeness (QED) is 0.820. The van der Waals surface area contributed by atoms with Crippen molar-refractivity contribution in [3.05, 3.63) is 18.0 Å². The molecule has 1 aliphatic carbocycles. The maximum atomic E-state index is 12.1. The van der Waals surface area contributed by atoms with Gasteiger partial charge in [0.05, 0.1) is 13.3 Å². The molecule has 0 bridgehead atoms. The molecule has 0 spiro atoms. The van der Waals surface area contributed by atoms with Crippen molar-refractivity contribution in [3.63, 3.8) is 0 Å². The minimum absolute atomic E-state index is 0.130. The first kappa shape index (κ1) is 14.1. The van der Waals surface area contributed by atoms with Gasteiger partial charge in [-0.15, -0.1) is 0 Å². The van der Waals surface area contributed by atoms with Crippen LogP contribution >= 0.6 is 0 Å². The topological polar surface area (TPSA) is 56.1 Å². The van der Waals surface area contributed by atoms with Gasteiger partial charge in [-0.3, -0.25) is 9.48 Å². The first-order valence-corrected chi connectivity index (χ1v) is 6.89. The van der Waals surface area contributed by atoms with E-state index in [-0.39, 0.29) is 5.97 Å². The van der Waals surface area contributed by atoms with Crippen molar-refractivity contribution in [1.29, 1.82) is 0 Å². The van der Waals surface area contributed by atoms with Crippen LogP contribution in [0.4, 0.5) is 0 Å². The Labute approximate surface area is 114 Å². The molecule has 0 aliphatic heterocycles. The number of carbonyl (C=O) groups is 1. The summed E-state index contributed by atoms with van der Waals surface area (Å²) in [5, 5.41) is 7.51. The number of hydrogen-bond acceptors (Lipinski definition) is 4. The lowest BCUT2D eigenvalue weighted by atomic mass is 9.84. The van der Waals surface area contributed by atoms with E-state index >= 15 is 0 Å². The van der Waals surface area contributed by atoms with E-state index in [4.69, 9.17) is 4.74 Å². The summed E-state index contributed by atoms with van der Waals surface area (Å²) in [5.74, 6) is 0.184. The molecule has 2 atom stereocenters. The fourth-order valence-corrected chi connectivity index (χ4v) is 3.23. The van der Waals surface area contributed by atoms with Crippen molar-refractivity contribution < 1.29 is 9.53 Å². The molecule has 106 valence electrons. The second-order valence-corrected chi connectivity index (χ2v) is 5.37. The van der Waals surface area contributed by atoms with Gasteiger partial charge in [0, 0.05) is 12.7 Å². The summed E-state index contributed by atoms with van der Waals surface area (Å²) in [6.45, 7) is 2.88. The Bertz CT molecular complexity index is 444. The van der Waals surface area contributed by atoms with Crippen molar-refractivity contribution in [3.8, 4) is 0 Å². The highest BCUT2D eigenvalue weighted by Crippen LogP contribution is 2.38. The Morgan fingerprint density at radius 3 is 3.05 bits per heavy atom. The number of nitrogens with one attached hydrogen (secondary N) is 1. The van der Waals surface area contributed by atoms with E-state index < -0.39 is 5.54 Å². The van der Waals surface area contributed by atoms with Crippen LogP contribution in [0.5, 0.6) is 0 Å². The fraction of sp³-hybridized carbons (Fsp3) is 0.714. The largest absolute Gasteiger partial charge is 0.468 e. The molecular formula is C14H23N3O2. The second-order valence-electron chi connectivity index (χ2n) is 5.37. The molecule has 0 amide bonds. The summed E-state index contributed by atoms with van der Waals surface area (Å²) < 4.78 is 6.94. The van der Waals surface area contributed by atoms with Crippen LogP contribution in [0.2, 0.25) is 0 Å². The van der Waals surface area contributed by atoms with Gasteiger partial charge in [0.15, 0.2) is 0 Å². The number of likely N-dealkylation sites (N-methyl/N-ethyl adjacent to an activating group) is 1. The standard InChI is InChI=1S/C14H23N3O2/c1-11-9-16-17(10-11)8-6-12-5-4-7-14(12,15-2)13(18)19-3/h9-10,12,15H,4-8H2,1-3H3. The lowest BCUT2D eigenvalue weighted by Crippen LogP contribution is -2.54. The molecule has 1 N–H and O–H groups in total. The molecule has 1 aromatic rings. The number of hydrogen-bond donors (Lipinski definition) is 1. The van der Waals surface area contributed by atoms with Gasteiger partial charge in [-0.25, -0.2) is 0 Å². The number of aryl methyl sites for hydroxylation is 2. The van der Waals surface area contributed by atoms with E-state index in [1.54, 1.807) is 0 Å². The first-order chi connectivity index (χ1) is 9.12. The average Bonchev–Trinajstić information content (AvgIpc) is 3.02. The number of rotatable bonds is 5. The Kier molecular flexibility index (Phi) is 4.24. The highest BCUT2D eigenvalue weighted by atomic mass is 16.5. The summed E-state index contributed by atoms with van der Waals surface area (Å²) in [7, 11) is 3.32. The number of aromatic nitrogens is 2. The van der Waals surface area contributed by atoms with E-state index in [9.17, 15) is 4.79 Å². The molecular weight excluding hydrogens is 242 g/mol. The number of ether oxygens (including phenoxy) is 1. The molecule has 0 radical (unpaired) electrons. The molecule has 2 rings (SSSR count). The lowest BCUT2D eigenvalue weighted by molar-refractivity contribution is -0.150. The third-order valence-electron chi connectivity index (χ3n) is 4.29. The predicted molar refractivity (Wildman–Crippen MR) is 72.7 cm³/mol. The van der Waals surface area contributed by atoms with Gasteiger partial charge in [0.25, 0.3) is 0 Å². The highest BCUT2D eigenvalue weighted by Gasteiger charge is 2.48. The van der Waals surface area contributed by atoms with Gasteiger partial charge in [-0.05, 0) is 44.7 Å². The van der Waals surface area contributed by atoms with Crippen LogP contribution in [0.15, 0.2) is 12.4 Å². The normalized spacial score (nSPS) is 26.6. The monoisotopic (exact) mass is 265 g/mol. The van der Waals surface area contributed by atoms with Gasteiger partial charge < -0.3 is 10.1 Å². The van der Waals surface area contributed by atoms with E-state index in [2.05, 4.69) is 10.4 Å². The number of esters is 1. The van der Waals surface area contributed by atoms with Crippen molar-refractivity contribution >= 4 is 5.97 Å². The molecule has 5 heteroatoms. The van der Waals surface area contributed by atoms with Gasteiger partial charge in [-0.1, -0.05) is 6.42 Å². The van der Waals surface area contributed by atoms with Crippen LogP contribution in [-0.2, 0) is 16.1 Å². The van der Waals surface area contributed by atoms with Crippen LogP contribution in [0.1, 0.15) is 31.2 Å². The van der Waals surface area contributed by atoms with Crippen molar-refractivity contribution in [2.45, 2.75) is 44.7 Å². The van der Waals surface area contributed by atoms with Crippen LogP contribution in [0.3, 0.4) is 0 Å². The maximum Gasteiger partial charge on any atom is 0.326 e. The van der Waals surface area contributed by atoms with E-state index in [0.717, 1.165) is 32.2 Å². The third-order valence-corrected chi connectivity index (χ3v) is 4.29. The van der Waals surface area contributed by atoms with E-state index in [1.807, 2.05) is 31.0 Å². The SMILES string of the molecule is CNC1(C(=O)OC)CCCC1CCn1cc(C)cn1. The number of carbonyl (C=O) groups excluding carboxylic acids is 1. The lowest BCUT2D eigenvalue weighted by Gasteiger charge is -2.32. The molecule has 1 saturated carbocycles. The zero-order valence-corrected chi connectivity index (χ0v) is 12.0. The minimum atomic E-state index is -0.503. The smallest absolute Gasteiger partial charge is 0.326 e. The van der Waals surface area contributed by atoms with Crippen molar-refractivity contribution in [2.24, 2.45) is 5.92 Å². The van der Waals surface area contributed by atoms with E-state index in [1.165, 1.54) is 12.7 Å². The molecule has 1 aliphatic rings. The highest BCUT2D eigenvalue weighted by molar-refractivity contribution is 5.81. The van der Waals surface area contributed by atoms with Crippen molar-refractivity contribution in [2.75, 3.05) is 14.2 Å². The molecule has 1 aromatic heterocycles. The Morgan fingerprint density at radius 1 is 1.68 bits per heavy atom. The Hall–Kier alpha value is -1.36. The molecule has 2 unspecified atom stereocenters. The zero-order chi connectivity index (χ0) is 13.9. The van der Waals surface area contributed by atoms with Crippen LogP contribution in [0.25, 0.3) is 0 Å². The van der Waals surface area contributed by atoms with Crippen LogP contribution < -0.4 is 5.32 Å². The molecule has 0 aromatic carbocycles. The van der Waals surface area contributed by atoms with Gasteiger partial charge in [0.2, 0.25) is 0 Å². The zero-order valence-electron chi connectivity index (χ0n) is 12.0. The Morgan fingerprint density at radius 2 is 2.47 bits per heavy atom. The van der Waals surface area contributed by atoms with E-state index in [0.29, 0.717) is 5.92 Å². The average molecular weight is 265 g/mol. The van der Waals surface area contributed by atoms with Gasteiger partial charge >= 0.3 is 5.97 Å². The second kappa shape index (κ2) is 5.74. The molecule has 19 heavy (non-hydrogen) atoms. The van der Waals surface area contributed by atoms with Crippen LogP contribution in [-0.4, -0.2) is 35.4 Å². The maximum absolute atomic E-state index is 12.1. The van der Waals surface area contributed by atoms with Gasteiger partial charge in [-0.2, -0.15) is 5.10 Å². The number of nitrogens with zero attached hydrogens (tertiary/aromatic N) is 2.